The number of anilines is 1. The van der Waals surface area contributed by atoms with Crippen molar-refractivity contribution in [3.63, 3.8) is 0 Å². The molecule has 2 amide bonds. The van der Waals surface area contributed by atoms with Crippen molar-refractivity contribution in [1.82, 2.24) is 4.90 Å². The average Bonchev–Trinajstić information content (AvgIpc) is 3.01. The van der Waals surface area contributed by atoms with Crippen LogP contribution in [0.4, 0.5) is 5.69 Å². The number of rotatable bonds is 10. The van der Waals surface area contributed by atoms with Crippen LogP contribution in [0.2, 0.25) is 0 Å². The maximum absolute atomic E-state index is 13.4. The Hall–Kier alpha value is -3.32. The number of methoxy groups -OCH3 is 2. The van der Waals surface area contributed by atoms with E-state index >= 15 is 0 Å². The number of carbonyl (C=O) groups is 2. The van der Waals surface area contributed by atoms with Crippen LogP contribution in [0.15, 0.2) is 42.1 Å². The summed E-state index contributed by atoms with van der Waals surface area (Å²) in [5.41, 5.74) is 3.92. The average molecular weight is 439 g/mol. The second-order valence-electron chi connectivity index (χ2n) is 7.57. The Morgan fingerprint density at radius 2 is 1.75 bits per heavy atom. The predicted octanol–water partition coefficient (Wildman–Crippen LogP) is 3.94. The fourth-order valence-corrected chi connectivity index (χ4v) is 3.74. The summed E-state index contributed by atoms with van der Waals surface area (Å²) in [4.78, 5) is 28.0. The summed E-state index contributed by atoms with van der Waals surface area (Å²) in [5, 5.41) is 3.17. The number of nitrogens with one attached hydrogen (secondary N) is 1. The maximum atomic E-state index is 13.4. The smallest absolute Gasteiger partial charge is 0.278 e. The number of hydrogen-bond donors (Lipinski definition) is 1. The quantitative estimate of drug-likeness (QED) is 0.447. The van der Waals surface area contributed by atoms with Crippen LogP contribution in [0.1, 0.15) is 30.0 Å². The van der Waals surface area contributed by atoms with Gasteiger partial charge in [0.05, 0.1) is 25.5 Å². The molecular formula is C25H30N2O5. The van der Waals surface area contributed by atoms with Gasteiger partial charge in [0.2, 0.25) is 0 Å². The first kappa shape index (κ1) is 23.3. The monoisotopic (exact) mass is 438 g/mol. The Labute approximate surface area is 189 Å². The highest BCUT2D eigenvalue weighted by molar-refractivity contribution is 6.36. The molecule has 170 valence electrons. The number of nitrogens with zero attached hydrogens (tertiary/aromatic N) is 1. The van der Waals surface area contributed by atoms with Crippen molar-refractivity contribution in [3.8, 4) is 11.5 Å². The van der Waals surface area contributed by atoms with Crippen LogP contribution in [-0.4, -0.2) is 50.7 Å². The van der Waals surface area contributed by atoms with Crippen LogP contribution in [0.3, 0.4) is 0 Å². The molecule has 2 aromatic carbocycles. The van der Waals surface area contributed by atoms with E-state index in [0.29, 0.717) is 42.4 Å². The minimum absolute atomic E-state index is 0.238. The second kappa shape index (κ2) is 10.3. The van der Waals surface area contributed by atoms with E-state index in [0.717, 1.165) is 16.7 Å². The Bertz CT molecular complexity index is 1040. The summed E-state index contributed by atoms with van der Waals surface area (Å²) in [7, 11) is 3.11. The Balaban J connectivity index is 2.03. The van der Waals surface area contributed by atoms with Crippen LogP contribution in [0, 0.1) is 13.8 Å². The largest absolute Gasteiger partial charge is 0.497 e. The lowest BCUT2D eigenvalue weighted by Crippen LogP contribution is -2.34. The van der Waals surface area contributed by atoms with E-state index in [9.17, 15) is 9.59 Å². The van der Waals surface area contributed by atoms with Gasteiger partial charge in [-0.3, -0.25) is 14.5 Å². The van der Waals surface area contributed by atoms with Gasteiger partial charge in [0.15, 0.2) is 0 Å². The topological polar surface area (TPSA) is 77.1 Å². The Kier molecular flexibility index (Phi) is 7.53. The predicted molar refractivity (Wildman–Crippen MR) is 124 cm³/mol. The van der Waals surface area contributed by atoms with Gasteiger partial charge in [-0.1, -0.05) is 23.8 Å². The van der Waals surface area contributed by atoms with E-state index in [1.807, 2.05) is 39.0 Å². The van der Waals surface area contributed by atoms with Gasteiger partial charge >= 0.3 is 0 Å². The summed E-state index contributed by atoms with van der Waals surface area (Å²) in [6, 6.07) is 11.1. The zero-order valence-corrected chi connectivity index (χ0v) is 19.3. The van der Waals surface area contributed by atoms with Gasteiger partial charge in [0.25, 0.3) is 11.8 Å². The number of carbonyl (C=O) groups excluding carboxylic acids is 2. The molecular weight excluding hydrogens is 408 g/mol. The molecule has 1 aliphatic rings. The molecule has 0 spiro atoms. The molecule has 32 heavy (non-hydrogen) atoms. The maximum Gasteiger partial charge on any atom is 0.278 e. The van der Waals surface area contributed by atoms with E-state index in [1.54, 1.807) is 32.4 Å². The van der Waals surface area contributed by atoms with Crippen molar-refractivity contribution in [1.29, 1.82) is 0 Å². The van der Waals surface area contributed by atoms with E-state index in [2.05, 4.69) is 5.32 Å². The third-order valence-electron chi connectivity index (χ3n) is 5.36. The molecule has 0 aromatic heterocycles. The summed E-state index contributed by atoms with van der Waals surface area (Å²) >= 11 is 0. The fraction of sp³-hybridized carbons (Fsp3) is 0.360. The Morgan fingerprint density at radius 1 is 0.969 bits per heavy atom. The van der Waals surface area contributed by atoms with Crippen molar-refractivity contribution in [2.75, 3.05) is 39.3 Å². The molecule has 2 aromatic rings. The highest BCUT2D eigenvalue weighted by Gasteiger charge is 2.39. The van der Waals surface area contributed by atoms with Crippen molar-refractivity contribution < 1.29 is 23.8 Å². The van der Waals surface area contributed by atoms with Crippen LogP contribution < -0.4 is 14.8 Å². The molecule has 0 radical (unpaired) electrons. The Morgan fingerprint density at radius 3 is 2.41 bits per heavy atom. The summed E-state index contributed by atoms with van der Waals surface area (Å²) in [6.45, 7) is 7.22. The third-order valence-corrected chi connectivity index (χ3v) is 5.36. The SMILES string of the molecule is CCOCCCN1C(=O)C(Nc2ccc(OC)cc2OC)=C(c2ccc(C)cc2C)C1=O. The molecule has 0 unspecified atom stereocenters. The lowest BCUT2D eigenvalue weighted by atomic mass is 9.97. The fourth-order valence-electron chi connectivity index (χ4n) is 3.74. The van der Waals surface area contributed by atoms with Gasteiger partial charge < -0.3 is 19.5 Å². The minimum Gasteiger partial charge on any atom is -0.497 e. The number of amides is 2. The first-order chi connectivity index (χ1) is 15.4. The molecule has 1 aliphatic heterocycles. The van der Waals surface area contributed by atoms with Crippen LogP contribution in [-0.2, 0) is 14.3 Å². The molecule has 7 nitrogen and oxygen atoms in total. The first-order valence-corrected chi connectivity index (χ1v) is 10.7. The molecule has 1 N–H and O–H groups in total. The molecule has 0 bridgehead atoms. The summed E-state index contributed by atoms with van der Waals surface area (Å²) < 4.78 is 16.1. The van der Waals surface area contributed by atoms with Crippen molar-refractivity contribution in [2.24, 2.45) is 0 Å². The second-order valence-corrected chi connectivity index (χ2v) is 7.57. The molecule has 0 saturated heterocycles. The van der Waals surface area contributed by atoms with Crippen molar-refractivity contribution in [3.05, 3.63) is 58.8 Å². The number of aryl methyl sites for hydroxylation is 2. The van der Waals surface area contributed by atoms with Crippen LogP contribution >= 0.6 is 0 Å². The normalized spacial score (nSPS) is 13.7. The highest BCUT2D eigenvalue weighted by Crippen LogP contribution is 2.36. The van der Waals surface area contributed by atoms with Crippen LogP contribution in [0.25, 0.3) is 5.57 Å². The van der Waals surface area contributed by atoms with Gasteiger partial charge in [-0.05, 0) is 50.5 Å². The summed E-state index contributed by atoms with van der Waals surface area (Å²) in [5.74, 6) is 0.460. The molecule has 0 atom stereocenters. The van der Waals surface area contributed by atoms with E-state index in [-0.39, 0.29) is 24.1 Å². The van der Waals surface area contributed by atoms with Gasteiger partial charge in [0.1, 0.15) is 17.2 Å². The number of benzene rings is 2. The zero-order valence-electron chi connectivity index (χ0n) is 19.3. The molecule has 0 aliphatic carbocycles. The molecule has 3 rings (SSSR count). The third kappa shape index (κ3) is 4.78. The van der Waals surface area contributed by atoms with Crippen LogP contribution in [0.5, 0.6) is 11.5 Å². The first-order valence-electron chi connectivity index (χ1n) is 10.7. The number of hydrogen-bond acceptors (Lipinski definition) is 6. The van der Waals surface area contributed by atoms with Gasteiger partial charge in [0, 0.05) is 25.8 Å². The standard InChI is InChI=1S/C25H30N2O5/c1-6-32-13-7-12-27-24(28)22(19-10-8-16(2)14-17(19)3)23(25(27)29)26-20-11-9-18(30-4)15-21(20)31-5/h8-11,14-15,26H,6-7,12-13H2,1-5H3. The van der Waals surface area contributed by atoms with E-state index < -0.39 is 0 Å². The van der Waals surface area contributed by atoms with Crippen molar-refractivity contribution in [2.45, 2.75) is 27.2 Å². The number of ether oxygens (including phenoxy) is 3. The van der Waals surface area contributed by atoms with Gasteiger partial charge in [-0.15, -0.1) is 0 Å². The lowest BCUT2D eigenvalue weighted by Gasteiger charge is -2.16. The molecule has 0 saturated carbocycles. The van der Waals surface area contributed by atoms with E-state index in [1.165, 1.54) is 4.90 Å². The number of imide groups is 1. The molecule has 0 fully saturated rings. The highest BCUT2D eigenvalue weighted by atomic mass is 16.5. The van der Waals surface area contributed by atoms with Crippen molar-refractivity contribution >= 4 is 23.1 Å². The van der Waals surface area contributed by atoms with Gasteiger partial charge in [-0.25, -0.2) is 0 Å². The molecule has 1 heterocycles. The van der Waals surface area contributed by atoms with Gasteiger partial charge in [-0.2, -0.15) is 0 Å². The van der Waals surface area contributed by atoms with E-state index in [4.69, 9.17) is 14.2 Å². The summed E-state index contributed by atoms with van der Waals surface area (Å²) in [6.07, 6.45) is 0.574. The zero-order chi connectivity index (χ0) is 23.3. The minimum atomic E-state index is -0.362. The lowest BCUT2D eigenvalue weighted by molar-refractivity contribution is -0.137. The molecule has 7 heteroatoms.